The standard InChI is InChI=1S/C34H34N4O4.Na.H/c1-5-8-29-28(32(39)38(21(2)35-29)25-15-16-30-24(20-25)17-18-34(3,4)41-30)19-22-11-13-23(14-12-22)26-9-6-7-10-27(26)31-36-33(40)42-37-31;;/h6-7,9-16,20H,5,8,17-19H2,1-4H3,(H,36,37,40);;. The summed E-state index contributed by atoms with van der Waals surface area (Å²) in [6, 6.07) is 21.8. The number of H-pyrrole nitrogens is 1. The van der Waals surface area contributed by atoms with Crippen molar-refractivity contribution in [1.82, 2.24) is 19.7 Å². The van der Waals surface area contributed by atoms with Gasteiger partial charge in [-0.3, -0.25) is 18.9 Å². The maximum absolute atomic E-state index is 14.1. The molecule has 216 valence electrons. The molecule has 0 saturated carbocycles. The van der Waals surface area contributed by atoms with Crippen LogP contribution in [0.3, 0.4) is 0 Å². The molecule has 0 saturated heterocycles. The second kappa shape index (κ2) is 12.5. The number of hydrogen-bond donors (Lipinski definition) is 1. The van der Waals surface area contributed by atoms with Gasteiger partial charge in [-0.15, -0.1) is 0 Å². The fraction of sp³-hybridized carbons (Fsp3) is 0.294. The maximum atomic E-state index is 14.1. The summed E-state index contributed by atoms with van der Waals surface area (Å²) in [5.41, 5.74) is 6.93. The number of nitrogens with zero attached hydrogens (tertiary/aromatic N) is 3. The molecule has 0 bridgehead atoms. The van der Waals surface area contributed by atoms with Crippen LogP contribution in [0.4, 0.5) is 0 Å². The first-order chi connectivity index (χ1) is 20.2. The Kier molecular flexibility index (Phi) is 8.92. The molecule has 1 aliphatic heterocycles. The van der Waals surface area contributed by atoms with Crippen molar-refractivity contribution in [3.8, 4) is 34.0 Å². The molecule has 0 amide bonds. The zero-order valence-corrected chi connectivity index (χ0v) is 24.4. The molecule has 9 heteroatoms. The Labute approximate surface area is 272 Å². The molecule has 0 radical (unpaired) electrons. The van der Waals surface area contributed by atoms with Crippen molar-refractivity contribution >= 4 is 29.6 Å². The van der Waals surface area contributed by atoms with Gasteiger partial charge in [-0.25, -0.2) is 9.78 Å². The van der Waals surface area contributed by atoms with Crippen LogP contribution in [0.5, 0.6) is 5.75 Å². The van der Waals surface area contributed by atoms with Gasteiger partial charge in [0.15, 0.2) is 5.82 Å². The van der Waals surface area contributed by atoms with Crippen LogP contribution in [0.25, 0.3) is 28.2 Å². The van der Waals surface area contributed by atoms with Crippen LogP contribution in [0.1, 0.15) is 61.8 Å². The number of aryl methyl sites for hydroxylation is 3. The molecule has 43 heavy (non-hydrogen) atoms. The van der Waals surface area contributed by atoms with Crippen molar-refractivity contribution in [3.63, 3.8) is 0 Å². The van der Waals surface area contributed by atoms with Crippen molar-refractivity contribution in [1.29, 1.82) is 0 Å². The number of hydrogen-bond acceptors (Lipinski definition) is 6. The van der Waals surface area contributed by atoms with Gasteiger partial charge in [-0.1, -0.05) is 67.0 Å². The number of benzene rings is 3. The predicted molar refractivity (Wildman–Crippen MR) is 170 cm³/mol. The Hall–Kier alpha value is -3.72. The number of ether oxygens (including phenoxy) is 1. The molecule has 6 rings (SSSR count). The van der Waals surface area contributed by atoms with E-state index >= 15 is 0 Å². The van der Waals surface area contributed by atoms with E-state index in [1.54, 1.807) is 4.57 Å². The molecule has 5 aromatic rings. The van der Waals surface area contributed by atoms with Crippen molar-refractivity contribution < 1.29 is 9.26 Å². The summed E-state index contributed by atoms with van der Waals surface area (Å²) in [4.78, 5) is 33.2. The molecular formula is C34H35N4NaO4. The molecule has 0 fully saturated rings. The summed E-state index contributed by atoms with van der Waals surface area (Å²) in [7, 11) is 0. The van der Waals surface area contributed by atoms with Gasteiger partial charge < -0.3 is 4.74 Å². The molecule has 0 spiro atoms. The van der Waals surface area contributed by atoms with Crippen LogP contribution in [-0.4, -0.2) is 54.9 Å². The fourth-order valence-electron chi connectivity index (χ4n) is 5.72. The molecule has 0 unspecified atom stereocenters. The summed E-state index contributed by atoms with van der Waals surface area (Å²) < 4.78 is 12.6. The number of rotatable bonds is 7. The minimum atomic E-state index is -0.594. The summed E-state index contributed by atoms with van der Waals surface area (Å²) in [6.07, 6.45) is 3.94. The molecule has 3 heterocycles. The Balaban J connectivity index is 0.00000368. The third kappa shape index (κ3) is 6.32. The Morgan fingerprint density at radius 1 is 1.00 bits per heavy atom. The van der Waals surface area contributed by atoms with Gasteiger partial charge in [0.1, 0.15) is 17.2 Å². The van der Waals surface area contributed by atoms with E-state index in [0.29, 0.717) is 23.6 Å². The molecule has 0 aliphatic carbocycles. The van der Waals surface area contributed by atoms with E-state index < -0.39 is 5.76 Å². The van der Waals surface area contributed by atoms with E-state index in [4.69, 9.17) is 14.2 Å². The predicted octanol–water partition coefficient (Wildman–Crippen LogP) is 5.55. The topological polar surface area (TPSA) is 103 Å². The average molecular weight is 587 g/mol. The van der Waals surface area contributed by atoms with Crippen molar-refractivity contribution in [2.45, 2.75) is 65.4 Å². The normalized spacial score (nSPS) is 13.6. The third-order valence-electron chi connectivity index (χ3n) is 7.87. The number of aromatic nitrogens is 4. The monoisotopic (exact) mass is 586 g/mol. The molecule has 0 atom stereocenters. The minimum absolute atomic E-state index is 0. The summed E-state index contributed by atoms with van der Waals surface area (Å²) in [5.74, 6) is 1.35. The van der Waals surface area contributed by atoms with Crippen LogP contribution >= 0.6 is 0 Å². The molecule has 2 aromatic heterocycles. The molecule has 1 N–H and O–H groups in total. The van der Waals surface area contributed by atoms with E-state index in [9.17, 15) is 9.59 Å². The zero-order chi connectivity index (χ0) is 29.4. The average Bonchev–Trinajstić information content (AvgIpc) is 3.41. The quantitative estimate of drug-likeness (QED) is 0.251. The Morgan fingerprint density at radius 2 is 1.74 bits per heavy atom. The van der Waals surface area contributed by atoms with E-state index in [2.05, 4.69) is 37.0 Å². The first-order valence-electron chi connectivity index (χ1n) is 14.4. The van der Waals surface area contributed by atoms with E-state index in [1.165, 1.54) is 0 Å². The van der Waals surface area contributed by atoms with Crippen molar-refractivity contribution in [2.75, 3.05) is 0 Å². The second-order valence-corrected chi connectivity index (χ2v) is 11.5. The van der Waals surface area contributed by atoms with Gasteiger partial charge in [0.25, 0.3) is 5.56 Å². The van der Waals surface area contributed by atoms with Gasteiger partial charge in [0, 0.05) is 17.5 Å². The molecular weight excluding hydrogens is 551 g/mol. The summed E-state index contributed by atoms with van der Waals surface area (Å²) in [6.45, 7) is 8.21. The summed E-state index contributed by atoms with van der Waals surface area (Å²) >= 11 is 0. The van der Waals surface area contributed by atoms with Crippen LogP contribution in [0, 0.1) is 6.92 Å². The van der Waals surface area contributed by atoms with Crippen LogP contribution in [0.15, 0.2) is 80.8 Å². The summed E-state index contributed by atoms with van der Waals surface area (Å²) in [5, 5.41) is 3.86. The van der Waals surface area contributed by atoms with Crippen molar-refractivity contribution in [2.24, 2.45) is 0 Å². The van der Waals surface area contributed by atoms with Gasteiger partial charge in [0.05, 0.1) is 11.4 Å². The number of aromatic amines is 1. The van der Waals surface area contributed by atoms with Crippen LogP contribution in [-0.2, 0) is 19.3 Å². The van der Waals surface area contributed by atoms with Crippen LogP contribution < -0.4 is 16.1 Å². The molecule has 8 nitrogen and oxygen atoms in total. The first-order valence-corrected chi connectivity index (χ1v) is 14.4. The molecule has 1 aliphatic rings. The van der Waals surface area contributed by atoms with Crippen molar-refractivity contribution in [3.05, 3.63) is 116 Å². The van der Waals surface area contributed by atoms with Gasteiger partial charge >= 0.3 is 35.3 Å². The SMILES string of the molecule is CCCc1nc(C)n(-c2ccc3c(c2)CCC(C)(C)O3)c(=O)c1Cc1ccc(-c2ccccc2-c2noc(=O)[nH]2)cc1.[NaH]. The van der Waals surface area contributed by atoms with E-state index in [-0.39, 0.29) is 40.7 Å². The molecule has 3 aromatic carbocycles. The van der Waals surface area contributed by atoms with Gasteiger partial charge in [-0.05, 0) is 80.5 Å². The second-order valence-electron chi connectivity index (χ2n) is 11.5. The van der Waals surface area contributed by atoms with Gasteiger partial charge in [0.2, 0.25) is 0 Å². The van der Waals surface area contributed by atoms with E-state index in [0.717, 1.165) is 70.6 Å². The fourth-order valence-corrected chi connectivity index (χ4v) is 5.72. The Morgan fingerprint density at radius 3 is 2.44 bits per heavy atom. The first kappa shape index (κ1) is 30.7. The Bertz CT molecular complexity index is 1890. The third-order valence-corrected chi connectivity index (χ3v) is 7.87. The number of nitrogens with one attached hydrogen (secondary N) is 1. The number of fused-ring (bicyclic) bond motifs is 1. The van der Waals surface area contributed by atoms with Crippen LogP contribution in [0.2, 0.25) is 0 Å². The van der Waals surface area contributed by atoms with E-state index in [1.807, 2.05) is 67.6 Å². The zero-order valence-electron chi connectivity index (χ0n) is 24.4. The van der Waals surface area contributed by atoms with Gasteiger partial charge in [-0.2, -0.15) is 0 Å².